The Morgan fingerprint density at radius 1 is 1.23 bits per heavy atom. The molecule has 5 N–H and O–H groups in total. The van der Waals surface area contributed by atoms with E-state index in [2.05, 4.69) is 38.1 Å². The van der Waals surface area contributed by atoms with Crippen LogP contribution in [0.15, 0.2) is 42.6 Å². The van der Waals surface area contributed by atoms with Crippen molar-refractivity contribution in [1.82, 2.24) is 15.3 Å². The molecule has 8 nitrogen and oxygen atoms in total. The second-order valence-corrected chi connectivity index (χ2v) is 9.50. The number of nitrogens with zero attached hydrogens (tertiary/aromatic N) is 1. The van der Waals surface area contributed by atoms with Crippen LogP contribution in [0, 0.1) is 0 Å². The number of nitrogens with one attached hydrogen (secondary N) is 4. The lowest BCUT2D eigenvalue weighted by molar-refractivity contribution is 0.127. The molecule has 1 aromatic carbocycles. The topological polar surface area (TPSA) is 103 Å². The molecule has 0 spiro atoms. The second kappa shape index (κ2) is 9.11. The van der Waals surface area contributed by atoms with Gasteiger partial charge in [0.05, 0.1) is 35.7 Å². The lowest BCUT2D eigenvalue weighted by atomic mass is 9.92. The number of aromatic amines is 1. The third-order valence-corrected chi connectivity index (χ3v) is 7.24. The third kappa shape index (κ3) is 3.91. The Hall–Kier alpha value is -3.20. The summed E-state index contributed by atoms with van der Waals surface area (Å²) in [7, 11) is 1.59. The molecule has 0 saturated carbocycles. The first-order valence-corrected chi connectivity index (χ1v) is 12.3. The number of rotatable bonds is 3. The number of hydrogen-bond donors (Lipinski definition) is 5. The molecule has 0 saturated heterocycles. The summed E-state index contributed by atoms with van der Waals surface area (Å²) in [5, 5.41) is 21.8. The SMILES string of the molecule is COc1c(Cl)cccc1Nc1c2[nH]c3c1C(O)NC[C@H]3C/C=C\CC[C@@H]1CNc3nccc-2c3O1. The van der Waals surface area contributed by atoms with E-state index in [1.165, 1.54) is 0 Å². The molecule has 4 bridgehead atoms. The van der Waals surface area contributed by atoms with Crippen LogP contribution in [-0.2, 0) is 0 Å². The summed E-state index contributed by atoms with van der Waals surface area (Å²) >= 11 is 6.42. The number of para-hydroxylation sites is 1. The van der Waals surface area contributed by atoms with E-state index >= 15 is 0 Å². The number of aliphatic hydroxyl groups excluding tert-OH is 1. The van der Waals surface area contributed by atoms with E-state index in [4.69, 9.17) is 21.1 Å². The molecule has 3 atom stereocenters. The van der Waals surface area contributed by atoms with E-state index in [9.17, 15) is 5.11 Å². The Labute approximate surface area is 208 Å². The van der Waals surface area contributed by atoms with E-state index in [1.54, 1.807) is 19.4 Å². The molecule has 6 rings (SSSR count). The first-order chi connectivity index (χ1) is 17.1. The quantitative estimate of drug-likeness (QED) is 0.324. The van der Waals surface area contributed by atoms with Crippen LogP contribution < -0.4 is 25.4 Å². The maximum absolute atomic E-state index is 11.1. The van der Waals surface area contributed by atoms with Gasteiger partial charge in [-0.15, -0.1) is 0 Å². The van der Waals surface area contributed by atoms with Gasteiger partial charge in [0.15, 0.2) is 17.3 Å². The molecule has 3 aliphatic heterocycles. The average molecular weight is 494 g/mol. The molecule has 2 aromatic heterocycles. The highest BCUT2D eigenvalue weighted by atomic mass is 35.5. The fourth-order valence-corrected chi connectivity index (χ4v) is 5.46. The van der Waals surface area contributed by atoms with Gasteiger partial charge in [-0.1, -0.05) is 29.8 Å². The average Bonchev–Trinajstić information content (AvgIpc) is 3.24. The summed E-state index contributed by atoms with van der Waals surface area (Å²) in [6.07, 6.45) is 8.19. The Kier molecular flexibility index (Phi) is 5.80. The van der Waals surface area contributed by atoms with Gasteiger partial charge in [-0.2, -0.15) is 0 Å². The predicted octanol–water partition coefficient (Wildman–Crippen LogP) is 5.07. The zero-order valence-corrected chi connectivity index (χ0v) is 20.2. The van der Waals surface area contributed by atoms with Crippen LogP contribution in [0.3, 0.4) is 0 Å². The Balaban J connectivity index is 1.58. The molecule has 182 valence electrons. The number of pyridine rings is 1. The van der Waals surface area contributed by atoms with Crippen molar-refractivity contribution in [2.75, 3.05) is 30.8 Å². The molecule has 3 aliphatic rings. The number of H-pyrrole nitrogens is 1. The Morgan fingerprint density at radius 2 is 2.14 bits per heavy atom. The molecular weight excluding hydrogens is 466 g/mol. The van der Waals surface area contributed by atoms with Crippen LogP contribution >= 0.6 is 11.6 Å². The smallest absolute Gasteiger partial charge is 0.171 e. The van der Waals surface area contributed by atoms with E-state index in [0.717, 1.165) is 53.3 Å². The van der Waals surface area contributed by atoms with Gasteiger partial charge in [0, 0.05) is 35.5 Å². The number of ether oxygens (including phenoxy) is 2. The molecule has 5 heterocycles. The van der Waals surface area contributed by atoms with E-state index in [0.29, 0.717) is 35.3 Å². The van der Waals surface area contributed by atoms with Gasteiger partial charge in [0.25, 0.3) is 0 Å². The molecule has 0 fully saturated rings. The fourth-order valence-electron chi connectivity index (χ4n) is 5.21. The minimum atomic E-state index is -0.833. The molecule has 35 heavy (non-hydrogen) atoms. The number of halogens is 1. The molecule has 0 radical (unpaired) electrons. The third-order valence-electron chi connectivity index (χ3n) is 6.94. The summed E-state index contributed by atoms with van der Waals surface area (Å²) in [5.41, 5.74) is 4.96. The van der Waals surface area contributed by atoms with E-state index in [1.807, 2.05) is 18.2 Å². The summed E-state index contributed by atoms with van der Waals surface area (Å²) in [6.45, 7) is 1.39. The number of allylic oxidation sites excluding steroid dienone is 2. The molecular formula is C26H28ClN5O3. The van der Waals surface area contributed by atoms with Gasteiger partial charge in [0.2, 0.25) is 0 Å². The van der Waals surface area contributed by atoms with Gasteiger partial charge in [-0.3, -0.25) is 5.32 Å². The van der Waals surface area contributed by atoms with E-state index in [-0.39, 0.29) is 12.0 Å². The number of anilines is 3. The maximum atomic E-state index is 11.1. The van der Waals surface area contributed by atoms with Crippen molar-refractivity contribution in [2.45, 2.75) is 37.5 Å². The summed E-state index contributed by atoms with van der Waals surface area (Å²) in [5.74, 6) is 2.16. The van der Waals surface area contributed by atoms with Crippen molar-refractivity contribution < 1.29 is 14.6 Å². The van der Waals surface area contributed by atoms with Crippen LogP contribution in [0.5, 0.6) is 11.5 Å². The van der Waals surface area contributed by atoms with Gasteiger partial charge >= 0.3 is 0 Å². The van der Waals surface area contributed by atoms with Crippen molar-refractivity contribution in [2.24, 2.45) is 0 Å². The normalized spacial score (nSPS) is 23.6. The van der Waals surface area contributed by atoms with Gasteiger partial charge in [0.1, 0.15) is 12.3 Å². The Bertz CT molecular complexity index is 1290. The van der Waals surface area contributed by atoms with Crippen LogP contribution in [0.4, 0.5) is 17.2 Å². The van der Waals surface area contributed by atoms with Crippen molar-refractivity contribution in [3.05, 3.63) is 58.9 Å². The van der Waals surface area contributed by atoms with E-state index < -0.39 is 6.23 Å². The standard InChI is InChI=1S/C26H28ClN5O3/c1-34-24-17(27)8-5-9-18(24)31-22-19-20-14(12-30-26(19)33)6-3-2-4-7-15-13-29-25-23(35-15)16(10-11-28-25)21(22)32-20/h2-3,5,8-11,14-15,26,30-33H,4,6-7,12-13H2,1H3,(H,28,29)/b3-2-/t14-,15-,26?/m1/s1. The first-order valence-electron chi connectivity index (χ1n) is 12.0. The largest absolute Gasteiger partial charge is 0.493 e. The molecule has 3 aromatic rings. The highest BCUT2D eigenvalue weighted by Gasteiger charge is 2.34. The molecule has 1 unspecified atom stereocenters. The number of methoxy groups -OCH3 is 1. The molecule has 0 aliphatic carbocycles. The zero-order valence-electron chi connectivity index (χ0n) is 19.4. The fraction of sp³-hybridized carbons (Fsp3) is 0.346. The van der Waals surface area contributed by atoms with Crippen molar-refractivity contribution >= 4 is 28.8 Å². The van der Waals surface area contributed by atoms with Crippen LogP contribution in [0.1, 0.15) is 42.7 Å². The zero-order chi connectivity index (χ0) is 23.9. The highest BCUT2D eigenvalue weighted by molar-refractivity contribution is 6.32. The highest BCUT2D eigenvalue weighted by Crippen LogP contribution is 2.48. The Morgan fingerprint density at radius 3 is 3.03 bits per heavy atom. The van der Waals surface area contributed by atoms with Crippen molar-refractivity contribution in [3.63, 3.8) is 0 Å². The monoisotopic (exact) mass is 493 g/mol. The summed E-state index contributed by atoms with van der Waals surface area (Å²) in [6, 6.07) is 7.51. The summed E-state index contributed by atoms with van der Waals surface area (Å²) < 4.78 is 12.1. The van der Waals surface area contributed by atoms with Gasteiger partial charge < -0.3 is 30.2 Å². The number of fused-ring (bicyclic) bond motifs is 3. The lowest BCUT2D eigenvalue weighted by Crippen LogP contribution is -2.32. The summed E-state index contributed by atoms with van der Waals surface area (Å²) in [4.78, 5) is 8.17. The van der Waals surface area contributed by atoms with Crippen molar-refractivity contribution in [3.8, 4) is 22.8 Å². The number of aromatic nitrogens is 2. The van der Waals surface area contributed by atoms with Gasteiger partial charge in [-0.25, -0.2) is 4.98 Å². The first kappa shape index (κ1) is 22.3. The van der Waals surface area contributed by atoms with Crippen LogP contribution in [0.25, 0.3) is 11.3 Å². The lowest BCUT2D eigenvalue weighted by Gasteiger charge is -2.29. The van der Waals surface area contributed by atoms with Crippen LogP contribution in [0.2, 0.25) is 5.02 Å². The van der Waals surface area contributed by atoms with Crippen molar-refractivity contribution in [1.29, 1.82) is 0 Å². The minimum absolute atomic E-state index is 0.0464. The molecule has 0 amide bonds. The number of benzene rings is 1. The number of hydrogen-bond acceptors (Lipinski definition) is 7. The molecule has 9 heteroatoms. The number of aliphatic hydroxyl groups is 1. The predicted molar refractivity (Wildman–Crippen MR) is 137 cm³/mol. The maximum Gasteiger partial charge on any atom is 0.171 e. The second-order valence-electron chi connectivity index (χ2n) is 9.10. The van der Waals surface area contributed by atoms with Gasteiger partial charge in [-0.05, 0) is 37.5 Å². The minimum Gasteiger partial charge on any atom is -0.493 e. The van der Waals surface area contributed by atoms with Crippen LogP contribution in [-0.4, -0.2) is 41.4 Å².